The third kappa shape index (κ3) is 3.20. The van der Waals surface area contributed by atoms with E-state index >= 15 is 0 Å². The third-order valence-corrected chi connectivity index (χ3v) is 4.05. The van der Waals surface area contributed by atoms with Gasteiger partial charge in [0.25, 0.3) is 0 Å². The molecule has 0 saturated heterocycles. The summed E-state index contributed by atoms with van der Waals surface area (Å²) in [5.74, 6) is 2.06. The van der Waals surface area contributed by atoms with E-state index in [-0.39, 0.29) is 11.3 Å². The molecule has 0 bridgehead atoms. The van der Waals surface area contributed by atoms with E-state index in [0.29, 0.717) is 39.9 Å². The van der Waals surface area contributed by atoms with Gasteiger partial charge in [-0.1, -0.05) is 0 Å². The molecule has 3 aromatic rings. The summed E-state index contributed by atoms with van der Waals surface area (Å²) < 4.78 is 18.0. The number of nitrogens with zero attached hydrogens (tertiary/aromatic N) is 4. The summed E-state index contributed by atoms with van der Waals surface area (Å²) in [6.45, 7) is 4.09. The van der Waals surface area contributed by atoms with Gasteiger partial charge in [0.05, 0.1) is 27.7 Å². The molecule has 2 heterocycles. The zero-order valence-electron chi connectivity index (χ0n) is 15.2. The number of ether oxygens (including phenoxy) is 3. The van der Waals surface area contributed by atoms with E-state index in [0.717, 1.165) is 0 Å². The Morgan fingerprint density at radius 1 is 1.04 bits per heavy atom. The van der Waals surface area contributed by atoms with Crippen molar-refractivity contribution in [3.8, 4) is 17.2 Å². The fraction of sp³-hybridized carbons (Fsp3) is 0.353. The monoisotopic (exact) mass is 377 g/mol. The van der Waals surface area contributed by atoms with Crippen LogP contribution in [0, 0.1) is 0 Å². The van der Waals surface area contributed by atoms with Gasteiger partial charge in [0, 0.05) is 23.9 Å². The second-order valence-corrected chi connectivity index (χ2v) is 6.14. The van der Waals surface area contributed by atoms with Gasteiger partial charge in [0.15, 0.2) is 28.5 Å². The van der Waals surface area contributed by atoms with E-state index in [1.54, 1.807) is 39.8 Å². The molecule has 1 aromatic carbocycles. The van der Waals surface area contributed by atoms with Crippen molar-refractivity contribution in [2.75, 3.05) is 26.6 Å². The highest BCUT2D eigenvalue weighted by Gasteiger charge is 2.17. The van der Waals surface area contributed by atoms with Crippen LogP contribution in [0.25, 0.3) is 11.2 Å². The zero-order valence-corrected chi connectivity index (χ0v) is 16.0. The number of anilines is 2. The van der Waals surface area contributed by atoms with Crippen molar-refractivity contribution in [2.24, 2.45) is 0 Å². The average Bonchev–Trinajstić information content (AvgIpc) is 3.04. The quantitative estimate of drug-likeness (QED) is 0.653. The molecular weight excluding hydrogens is 358 g/mol. The number of hydrogen-bond donors (Lipinski definition) is 1. The first kappa shape index (κ1) is 18.1. The van der Waals surface area contributed by atoms with E-state index in [1.807, 2.05) is 18.4 Å². The van der Waals surface area contributed by atoms with Gasteiger partial charge < -0.3 is 24.1 Å². The molecule has 0 atom stereocenters. The Kier molecular flexibility index (Phi) is 5.03. The van der Waals surface area contributed by atoms with Crippen molar-refractivity contribution < 1.29 is 14.2 Å². The summed E-state index contributed by atoms with van der Waals surface area (Å²) in [6.07, 6.45) is 1.72. The third-order valence-electron chi connectivity index (χ3n) is 3.88. The molecule has 26 heavy (non-hydrogen) atoms. The van der Waals surface area contributed by atoms with E-state index in [1.165, 1.54) is 0 Å². The van der Waals surface area contributed by atoms with E-state index in [9.17, 15) is 0 Å². The summed E-state index contributed by atoms with van der Waals surface area (Å²) in [5.41, 5.74) is 1.97. The molecule has 138 valence electrons. The number of benzene rings is 1. The Bertz CT molecular complexity index is 917. The Balaban J connectivity index is 2.09. The highest BCUT2D eigenvalue weighted by atomic mass is 35.5. The van der Waals surface area contributed by atoms with Crippen molar-refractivity contribution in [3.05, 3.63) is 23.7 Å². The SMILES string of the molecule is COc1cc(Nc2nc(Cl)nc3c2ncn3C(C)C)cc(OC)c1OC. The minimum Gasteiger partial charge on any atom is -0.493 e. The fourth-order valence-electron chi connectivity index (χ4n) is 2.64. The maximum Gasteiger partial charge on any atom is 0.226 e. The van der Waals surface area contributed by atoms with Crippen LogP contribution in [0.1, 0.15) is 19.9 Å². The lowest BCUT2D eigenvalue weighted by atomic mass is 10.2. The molecule has 0 saturated carbocycles. The van der Waals surface area contributed by atoms with Crippen LogP contribution >= 0.6 is 11.6 Å². The summed E-state index contributed by atoms with van der Waals surface area (Å²) >= 11 is 6.12. The van der Waals surface area contributed by atoms with Crippen molar-refractivity contribution >= 4 is 34.3 Å². The predicted molar refractivity (Wildman–Crippen MR) is 100 cm³/mol. The minimum absolute atomic E-state index is 0.134. The largest absolute Gasteiger partial charge is 0.493 e. The average molecular weight is 378 g/mol. The minimum atomic E-state index is 0.134. The van der Waals surface area contributed by atoms with Gasteiger partial charge in [-0.3, -0.25) is 0 Å². The lowest BCUT2D eigenvalue weighted by Crippen LogP contribution is -2.03. The second-order valence-electron chi connectivity index (χ2n) is 5.80. The van der Waals surface area contributed by atoms with E-state index in [2.05, 4.69) is 20.3 Å². The van der Waals surface area contributed by atoms with Crippen LogP contribution in [0.2, 0.25) is 5.28 Å². The first-order chi connectivity index (χ1) is 12.5. The summed E-state index contributed by atoms with van der Waals surface area (Å²) in [6, 6.07) is 3.76. The topological polar surface area (TPSA) is 83.3 Å². The second kappa shape index (κ2) is 7.25. The molecular formula is C17H20ClN5O3. The Morgan fingerprint density at radius 2 is 1.69 bits per heavy atom. The molecule has 3 rings (SSSR count). The lowest BCUT2D eigenvalue weighted by molar-refractivity contribution is 0.324. The predicted octanol–water partition coefficient (Wildman–Crippen LogP) is 3.83. The highest BCUT2D eigenvalue weighted by molar-refractivity contribution is 6.28. The zero-order chi connectivity index (χ0) is 18.8. The van der Waals surface area contributed by atoms with E-state index in [4.69, 9.17) is 25.8 Å². The number of fused-ring (bicyclic) bond motifs is 1. The van der Waals surface area contributed by atoms with Crippen LogP contribution in [0.15, 0.2) is 18.5 Å². The van der Waals surface area contributed by atoms with Crippen LogP contribution in [0.4, 0.5) is 11.5 Å². The first-order valence-corrected chi connectivity index (χ1v) is 8.33. The normalized spacial score (nSPS) is 11.0. The number of rotatable bonds is 6. The van der Waals surface area contributed by atoms with Crippen molar-refractivity contribution in [2.45, 2.75) is 19.9 Å². The van der Waals surface area contributed by atoms with Crippen molar-refractivity contribution in [1.29, 1.82) is 0 Å². The molecule has 0 spiro atoms. The number of hydrogen-bond acceptors (Lipinski definition) is 7. The summed E-state index contributed by atoms with van der Waals surface area (Å²) in [4.78, 5) is 13.0. The fourth-order valence-corrected chi connectivity index (χ4v) is 2.81. The molecule has 0 amide bonds. The number of imidazole rings is 1. The Labute approximate surface area is 156 Å². The standard InChI is InChI=1S/C17H20ClN5O3/c1-9(2)23-8-19-13-15(21-17(18)22-16(13)23)20-10-6-11(24-3)14(26-5)12(7-10)25-4/h6-9H,1-5H3,(H,20,21,22). The summed E-state index contributed by atoms with van der Waals surface area (Å²) in [7, 11) is 4.68. The lowest BCUT2D eigenvalue weighted by Gasteiger charge is -2.15. The van der Waals surface area contributed by atoms with Crippen LogP contribution in [-0.4, -0.2) is 40.8 Å². The van der Waals surface area contributed by atoms with Crippen LogP contribution in [-0.2, 0) is 0 Å². The van der Waals surface area contributed by atoms with Gasteiger partial charge in [0.2, 0.25) is 11.0 Å². The Morgan fingerprint density at radius 3 is 2.23 bits per heavy atom. The van der Waals surface area contributed by atoms with Gasteiger partial charge in [0.1, 0.15) is 0 Å². The molecule has 0 aliphatic rings. The molecule has 2 aromatic heterocycles. The number of nitrogens with one attached hydrogen (secondary N) is 1. The van der Waals surface area contributed by atoms with Crippen LogP contribution < -0.4 is 19.5 Å². The molecule has 0 fully saturated rings. The van der Waals surface area contributed by atoms with Crippen molar-refractivity contribution in [1.82, 2.24) is 19.5 Å². The molecule has 8 nitrogen and oxygen atoms in total. The van der Waals surface area contributed by atoms with Gasteiger partial charge in [-0.2, -0.15) is 9.97 Å². The number of methoxy groups -OCH3 is 3. The van der Waals surface area contributed by atoms with Gasteiger partial charge in [-0.05, 0) is 25.4 Å². The smallest absolute Gasteiger partial charge is 0.226 e. The molecule has 1 N–H and O–H groups in total. The first-order valence-electron chi connectivity index (χ1n) is 7.95. The van der Waals surface area contributed by atoms with Gasteiger partial charge >= 0.3 is 0 Å². The van der Waals surface area contributed by atoms with E-state index < -0.39 is 0 Å². The Hall–Kier alpha value is -2.74. The highest BCUT2D eigenvalue weighted by Crippen LogP contribution is 2.41. The maximum absolute atomic E-state index is 6.12. The van der Waals surface area contributed by atoms with Crippen LogP contribution in [0.5, 0.6) is 17.2 Å². The number of aromatic nitrogens is 4. The number of halogens is 1. The molecule has 0 radical (unpaired) electrons. The molecule has 9 heteroatoms. The van der Waals surface area contributed by atoms with Gasteiger partial charge in [-0.25, -0.2) is 4.98 Å². The van der Waals surface area contributed by atoms with Gasteiger partial charge in [-0.15, -0.1) is 0 Å². The molecule has 0 unspecified atom stereocenters. The molecule has 0 aliphatic carbocycles. The molecule has 0 aliphatic heterocycles. The summed E-state index contributed by atoms with van der Waals surface area (Å²) in [5, 5.41) is 3.35. The maximum atomic E-state index is 6.12. The van der Waals surface area contributed by atoms with Crippen LogP contribution in [0.3, 0.4) is 0 Å². The van der Waals surface area contributed by atoms with Crippen molar-refractivity contribution in [3.63, 3.8) is 0 Å².